The fourth-order valence-electron chi connectivity index (χ4n) is 5.06. The van der Waals surface area contributed by atoms with E-state index in [0.29, 0.717) is 30.8 Å². The zero-order valence-electron chi connectivity index (χ0n) is 17.0. The van der Waals surface area contributed by atoms with E-state index in [9.17, 15) is 19.4 Å². The summed E-state index contributed by atoms with van der Waals surface area (Å²) in [5.74, 6) is 0.264. The predicted molar refractivity (Wildman–Crippen MR) is 110 cm³/mol. The second-order valence-electron chi connectivity index (χ2n) is 8.74. The van der Waals surface area contributed by atoms with Crippen molar-refractivity contribution in [3.05, 3.63) is 59.4 Å². The summed E-state index contributed by atoms with van der Waals surface area (Å²) in [6.07, 6.45) is -0.447. The average Bonchev–Trinajstić information content (AvgIpc) is 3.18. The molecular formula is C23H25FN2O5. The maximum absolute atomic E-state index is 14.6. The minimum absolute atomic E-state index is 0.0372. The van der Waals surface area contributed by atoms with Crippen LogP contribution in [-0.2, 0) is 11.3 Å². The van der Waals surface area contributed by atoms with Crippen LogP contribution in [0.4, 0.5) is 14.9 Å². The molecule has 4 atom stereocenters. The summed E-state index contributed by atoms with van der Waals surface area (Å²) in [5, 5.41) is 24.3. The summed E-state index contributed by atoms with van der Waals surface area (Å²) in [6.45, 7) is 1.28. The number of cyclic esters (lactones) is 1. The molecule has 7 nitrogen and oxygen atoms in total. The number of amides is 1. The van der Waals surface area contributed by atoms with Crippen LogP contribution in [-0.4, -0.2) is 52.5 Å². The lowest BCUT2D eigenvalue weighted by Gasteiger charge is -2.26. The number of aliphatic hydroxyl groups is 2. The van der Waals surface area contributed by atoms with Crippen LogP contribution >= 0.6 is 0 Å². The van der Waals surface area contributed by atoms with E-state index in [2.05, 4.69) is 5.32 Å². The van der Waals surface area contributed by atoms with Gasteiger partial charge in [0, 0.05) is 43.1 Å². The summed E-state index contributed by atoms with van der Waals surface area (Å²) < 4.78 is 25.5. The highest BCUT2D eigenvalue weighted by Gasteiger charge is 2.52. The Hall–Kier alpha value is -2.68. The molecule has 1 amide bonds. The van der Waals surface area contributed by atoms with E-state index in [1.54, 1.807) is 0 Å². The first kappa shape index (κ1) is 20.2. The van der Waals surface area contributed by atoms with Gasteiger partial charge < -0.3 is 19.7 Å². The lowest BCUT2D eigenvalue weighted by atomic mass is 9.95. The van der Waals surface area contributed by atoms with E-state index in [1.807, 2.05) is 35.2 Å². The molecular weight excluding hydrogens is 403 g/mol. The van der Waals surface area contributed by atoms with Crippen LogP contribution in [0.3, 0.4) is 0 Å². The number of nitrogens with one attached hydrogen (secondary N) is 1. The SMILES string of the molecule is O=C1Nc2cc(F)c(C(O)CN3C[C@H]4C[C@H](Oc5ccccc5)C[C@@]4(O)C3)cc2CO1. The summed E-state index contributed by atoms with van der Waals surface area (Å²) in [7, 11) is 0. The molecule has 31 heavy (non-hydrogen) atoms. The second kappa shape index (κ2) is 7.78. The van der Waals surface area contributed by atoms with Gasteiger partial charge in [0.2, 0.25) is 0 Å². The third-order valence-electron chi connectivity index (χ3n) is 6.52. The normalized spacial score (nSPS) is 28.4. The molecule has 2 fully saturated rings. The largest absolute Gasteiger partial charge is 0.490 e. The van der Waals surface area contributed by atoms with Crippen molar-refractivity contribution in [2.45, 2.75) is 37.3 Å². The number of aliphatic hydroxyl groups excluding tert-OH is 1. The lowest BCUT2D eigenvalue weighted by Crippen LogP contribution is -2.36. The van der Waals surface area contributed by atoms with E-state index >= 15 is 0 Å². The highest BCUT2D eigenvalue weighted by molar-refractivity contribution is 5.87. The minimum Gasteiger partial charge on any atom is -0.490 e. The highest BCUT2D eigenvalue weighted by Crippen LogP contribution is 2.43. The fraction of sp³-hybridized carbons (Fsp3) is 0.435. The van der Waals surface area contributed by atoms with Crippen molar-refractivity contribution in [3.63, 3.8) is 0 Å². The molecule has 2 aromatic carbocycles. The van der Waals surface area contributed by atoms with Gasteiger partial charge in [0.15, 0.2) is 0 Å². The molecule has 1 aliphatic carbocycles. The molecule has 0 bridgehead atoms. The maximum atomic E-state index is 14.6. The number of likely N-dealkylation sites (tertiary alicyclic amines) is 1. The van der Waals surface area contributed by atoms with Gasteiger partial charge >= 0.3 is 6.09 Å². The molecule has 164 valence electrons. The number of hydrogen-bond donors (Lipinski definition) is 3. The first-order valence-electron chi connectivity index (χ1n) is 10.5. The second-order valence-corrected chi connectivity index (χ2v) is 8.74. The number of benzene rings is 2. The third-order valence-corrected chi connectivity index (χ3v) is 6.52. The topological polar surface area (TPSA) is 91.3 Å². The Labute approximate surface area is 179 Å². The van der Waals surface area contributed by atoms with Crippen LogP contribution in [0.2, 0.25) is 0 Å². The van der Waals surface area contributed by atoms with Gasteiger partial charge in [-0.2, -0.15) is 0 Å². The van der Waals surface area contributed by atoms with E-state index in [0.717, 1.165) is 12.2 Å². The predicted octanol–water partition coefficient (Wildman–Crippen LogP) is 2.83. The van der Waals surface area contributed by atoms with Crippen LogP contribution in [0.1, 0.15) is 30.1 Å². The Bertz CT molecular complexity index is 987. The molecule has 8 heteroatoms. The number of fused-ring (bicyclic) bond motifs is 2. The van der Waals surface area contributed by atoms with Crippen LogP contribution in [0.15, 0.2) is 42.5 Å². The van der Waals surface area contributed by atoms with Crippen molar-refractivity contribution in [3.8, 4) is 5.75 Å². The number of ether oxygens (including phenoxy) is 2. The van der Waals surface area contributed by atoms with Gasteiger partial charge in [-0.1, -0.05) is 18.2 Å². The van der Waals surface area contributed by atoms with Gasteiger partial charge in [0.1, 0.15) is 24.3 Å². The number of β-amino-alcohol motifs (C(OH)–C–C–N with tert-alkyl or cyclic N) is 2. The zero-order valence-corrected chi connectivity index (χ0v) is 17.0. The van der Waals surface area contributed by atoms with Crippen LogP contribution < -0.4 is 10.1 Å². The van der Waals surface area contributed by atoms with Crippen molar-refractivity contribution >= 4 is 11.8 Å². The van der Waals surface area contributed by atoms with E-state index in [-0.39, 0.29) is 30.7 Å². The number of nitrogens with zero attached hydrogens (tertiary/aromatic N) is 1. The molecule has 0 radical (unpaired) electrons. The molecule has 0 spiro atoms. The third kappa shape index (κ3) is 3.98. The number of rotatable bonds is 5. The molecule has 1 saturated carbocycles. The average molecular weight is 428 g/mol. The number of carbonyl (C=O) groups excluding carboxylic acids is 1. The Morgan fingerprint density at radius 1 is 1.32 bits per heavy atom. The van der Waals surface area contributed by atoms with Crippen molar-refractivity contribution in [1.82, 2.24) is 4.90 Å². The molecule has 2 aliphatic heterocycles. The number of hydrogen-bond acceptors (Lipinski definition) is 6. The smallest absolute Gasteiger partial charge is 0.411 e. The molecule has 3 N–H and O–H groups in total. The molecule has 0 aromatic heterocycles. The summed E-state index contributed by atoms with van der Waals surface area (Å²) >= 11 is 0. The molecule has 2 heterocycles. The van der Waals surface area contributed by atoms with E-state index in [1.165, 1.54) is 12.1 Å². The number of anilines is 1. The molecule has 5 rings (SSSR count). The first-order valence-corrected chi connectivity index (χ1v) is 10.5. The summed E-state index contributed by atoms with van der Waals surface area (Å²) in [4.78, 5) is 13.3. The van der Waals surface area contributed by atoms with E-state index < -0.39 is 23.6 Å². The highest BCUT2D eigenvalue weighted by atomic mass is 19.1. The molecule has 3 aliphatic rings. The molecule has 1 unspecified atom stereocenters. The van der Waals surface area contributed by atoms with Crippen molar-refractivity contribution in [1.29, 1.82) is 0 Å². The van der Waals surface area contributed by atoms with Crippen molar-refractivity contribution in [2.75, 3.05) is 25.0 Å². The molecule has 1 saturated heterocycles. The number of para-hydroxylation sites is 1. The summed E-state index contributed by atoms with van der Waals surface area (Å²) in [5.41, 5.74) is 0.269. The Balaban J connectivity index is 1.22. The van der Waals surface area contributed by atoms with Gasteiger partial charge in [-0.25, -0.2) is 9.18 Å². The lowest BCUT2D eigenvalue weighted by molar-refractivity contribution is 0.0177. The van der Waals surface area contributed by atoms with Gasteiger partial charge in [-0.05, 0) is 30.7 Å². The Morgan fingerprint density at radius 2 is 2.13 bits per heavy atom. The zero-order chi connectivity index (χ0) is 21.6. The standard InChI is InChI=1S/C23H25FN2O5/c24-19-8-20-14(12-30-22(28)25-20)6-18(19)21(27)11-26-10-15-7-17(9-23(15,29)13-26)31-16-4-2-1-3-5-16/h1-6,8,15,17,21,27,29H,7,9-13H2,(H,25,28)/t15-,17+,21?,23-/m1/s1. The quantitative estimate of drug-likeness (QED) is 0.679. The maximum Gasteiger partial charge on any atom is 0.411 e. The van der Waals surface area contributed by atoms with Crippen LogP contribution in [0.5, 0.6) is 5.75 Å². The van der Waals surface area contributed by atoms with Gasteiger partial charge in [-0.3, -0.25) is 10.2 Å². The van der Waals surface area contributed by atoms with E-state index in [4.69, 9.17) is 9.47 Å². The monoisotopic (exact) mass is 428 g/mol. The van der Waals surface area contributed by atoms with Gasteiger partial charge in [0.05, 0.1) is 17.4 Å². The number of carbonyl (C=O) groups is 1. The number of halogens is 1. The van der Waals surface area contributed by atoms with Crippen LogP contribution in [0.25, 0.3) is 0 Å². The van der Waals surface area contributed by atoms with Gasteiger partial charge in [-0.15, -0.1) is 0 Å². The summed E-state index contributed by atoms with van der Waals surface area (Å²) in [6, 6.07) is 12.3. The first-order chi connectivity index (χ1) is 14.9. The Morgan fingerprint density at radius 3 is 2.90 bits per heavy atom. The van der Waals surface area contributed by atoms with Crippen molar-refractivity contribution < 1.29 is 28.9 Å². The molecule has 2 aromatic rings. The van der Waals surface area contributed by atoms with Crippen LogP contribution in [0, 0.1) is 11.7 Å². The van der Waals surface area contributed by atoms with Crippen molar-refractivity contribution in [2.24, 2.45) is 5.92 Å². The fourth-order valence-corrected chi connectivity index (χ4v) is 5.06. The Kier molecular flexibility index (Phi) is 5.08. The van der Waals surface area contributed by atoms with Gasteiger partial charge in [0.25, 0.3) is 0 Å². The minimum atomic E-state index is -1.05.